The Bertz CT molecular complexity index is 278. The number of nitrogens with zero attached hydrogens (tertiary/aromatic N) is 1. The van der Waals surface area contributed by atoms with Crippen LogP contribution in [0.3, 0.4) is 0 Å². The van der Waals surface area contributed by atoms with Gasteiger partial charge in [0.25, 0.3) is 0 Å². The van der Waals surface area contributed by atoms with Crippen molar-refractivity contribution >= 4 is 6.29 Å². The van der Waals surface area contributed by atoms with E-state index < -0.39 is 0 Å². The lowest BCUT2D eigenvalue weighted by molar-refractivity contribution is -0.112. The van der Waals surface area contributed by atoms with Crippen molar-refractivity contribution in [1.82, 2.24) is 15.8 Å². The van der Waals surface area contributed by atoms with Crippen LogP contribution < -0.4 is 10.9 Å². The molecule has 0 amide bonds. The van der Waals surface area contributed by atoms with Crippen LogP contribution in [0.25, 0.3) is 0 Å². The SMILES string of the molecule is O=CC1CCN(CC2=CNNC=C2)CC1. The minimum absolute atomic E-state index is 0.289. The summed E-state index contributed by atoms with van der Waals surface area (Å²) in [4.78, 5) is 13.0. The first kappa shape index (κ1) is 10.2. The van der Waals surface area contributed by atoms with Gasteiger partial charge < -0.3 is 15.6 Å². The zero-order valence-electron chi connectivity index (χ0n) is 8.78. The Labute approximate surface area is 90.0 Å². The van der Waals surface area contributed by atoms with Gasteiger partial charge in [0.05, 0.1) is 0 Å². The second-order valence-corrected chi connectivity index (χ2v) is 4.09. The maximum Gasteiger partial charge on any atom is 0.123 e. The number of piperidine rings is 1. The number of hydrogen-bond donors (Lipinski definition) is 2. The smallest absolute Gasteiger partial charge is 0.123 e. The summed E-state index contributed by atoms with van der Waals surface area (Å²) in [5.74, 6) is 0.289. The van der Waals surface area contributed by atoms with Crippen molar-refractivity contribution in [3.63, 3.8) is 0 Å². The number of hydrogen-bond acceptors (Lipinski definition) is 4. The van der Waals surface area contributed by atoms with Crippen LogP contribution in [-0.4, -0.2) is 30.8 Å². The van der Waals surface area contributed by atoms with Crippen LogP contribution in [0, 0.1) is 5.92 Å². The first-order valence-corrected chi connectivity index (χ1v) is 5.43. The molecule has 0 spiro atoms. The zero-order valence-corrected chi connectivity index (χ0v) is 8.78. The van der Waals surface area contributed by atoms with Crippen molar-refractivity contribution < 1.29 is 4.79 Å². The van der Waals surface area contributed by atoms with Gasteiger partial charge in [0.15, 0.2) is 0 Å². The summed E-state index contributed by atoms with van der Waals surface area (Å²) in [6.45, 7) is 3.03. The van der Waals surface area contributed by atoms with E-state index in [2.05, 4.69) is 21.8 Å². The average Bonchev–Trinajstić information content (AvgIpc) is 2.31. The molecular formula is C11H17N3O. The van der Waals surface area contributed by atoms with Crippen molar-refractivity contribution in [2.45, 2.75) is 12.8 Å². The molecule has 1 fully saturated rings. The molecule has 0 aliphatic carbocycles. The maximum absolute atomic E-state index is 10.6. The number of aldehydes is 1. The molecule has 0 aromatic rings. The first-order valence-electron chi connectivity index (χ1n) is 5.43. The van der Waals surface area contributed by atoms with Crippen molar-refractivity contribution in [1.29, 1.82) is 0 Å². The third-order valence-corrected chi connectivity index (χ3v) is 2.95. The van der Waals surface area contributed by atoms with Gasteiger partial charge in [0.2, 0.25) is 0 Å². The third kappa shape index (κ3) is 2.83. The van der Waals surface area contributed by atoms with E-state index in [1.165, 1.54) is 5.57 Å². The summed E-state index contributed by atoms with van der Waals surface area (Å²) in [6.07, 6.45) is 9.06. The highest BCUT2D eigenvalue weighted by Crippen LogP contribution is 2.16. The molecule has 0 bridgehead atoms. The quantitative estimate of drug-likeness (QED) is 0.658. The van der Waals surface area contributed by atoms with E-state index in [1.807, 2.05) is 12.4 Å². The monoisotopic (exact) mass is 207 g/mol. The van der Waals surface area contributed by atoms with Crippen LogP contribution in [0.1, 0.15) is 12.8 Å². The highest BCUT2D eigenvalue weighted by atomic mass is 16.1. The van der Waals surface area contributed by atoms with Gasteiger partial charge in [-0.05, 0) is 37.6 Å². The normalized spacial score (nSPS) is 22.8. The van der Waals surface area contributed by atoms with Gasteiger partial charge in [-0.1, -0.05) is 0 Å². The molecule has 0 unspecified atom stereocenters. The van der Waals surface area contributed by atoms with Crippen molar-refractivity contribution in [3.05, 3.63) is 24.0 Å². The number of carbonyl (C=O) groups excluding carboxylic acids is 1. The van der Waals surface area contributed by atoms with Gasteiger partial charge in [-0.2, -0.15) is 0 Å². The Morgan fingerprint density at radius 2 is 2.20 bits per heavy atom. The molecule has 4 heteroatoms. The highest BCUT2D eigenvalue weighted by Gasteiger charge is 2.18. The van der Waals surface area contributed by atoms with E-state index in [9.17, 15) is 4.79 Å². The second kappa shape index (κ2) is 4.98. The van der Waals surface area contributed by atoms with Crippen molar-refractivity contribution in [2.75, 3.05) is 19.6 Å². The fourth-order valence-corrected chi connectivity index (χ4v) is 1.98. The van der Waals surface area contributed by atoms with Gasteiger partial charge in [-0.15, -0.1) is 0 Å². The Morgan fingerprint density at radius 3 is 2.80 bits per heavy atom. The summed E-state index contributed by atoms with van der Waals surface area (Å²) in [5.41, 5.74) is 7.14. The molecular weight excluding hydrogens is 190 g/mol. The molecule has 0 aromatic heterocycles. The molecule has 2 heterocycles. The third-order valence-electron chi connectivity index (χ3n) is 2.95. The first-order chi connectivity index (χ1) is 7.38. The van der Waals surface area contributed by atoms with E-state index in [0.29, 0.717) is 0 Å². The minimum atomic E-state index is 0.289. The molecule has 2 rings (SSSR count). The minimum Gasteiger partial charge on any atom is -0.309 e. The average molecular weight is 207 g/mol. The van der Waals surface area contributed by atoms with E-state index in [-0.39, 0.29) is 5.92 Å². The Balaban J connectivity index is 1.79. The fraction of sp³-hybridized carbons (Fsp3) is 0.545. The van der Waals surface area contributed by atoms with Gasteiger partial charge in [0, 0.05) is 24.9 Å². The summed E-state index contributed by atoms with van der Waals surface area (Å²) < 4.78 is 0. The number of carbonyl (C=O) groups is 1. The fourth-order valence-electron chi connectivity index (χ4n) is 1.98. The summed E-state index contributed by atoms with van der Waals surface area (Å²) in [6, 6.07) is 0. The zero-order chi connectivity index (χ0) is 10.5. The summed E-state index contributed by atoms with van der Waals surface area (Å²) in [5, 5.41) is 0. The number of nitrogens with one attached hydrogen (secondary N) is 2. The number of hydrazine groups is 1. The predicted octanol–water partition coefficient (Wildman–Crippen LogP) is 0.403. The molecule has 0 aromatic carbocycles. The van der Waals surface area contributed by atoms with E-state index in [1.54, 1.807) is 0 Å². The lowest BCUT2D eigenvalue weighted by Gasteiger charge is -2.30. The van der Waals surface area contributed by atoms with Gasteiger partial charge >= 0.3 is 0 Å². The molecule has 1 saturated heterocycles. The largest absolute Gasteiger partial charge is 0.309 e. The van der Waals surface area contributed by atoms with Crippen LogP contribution in [0.15, 0.2) is 24.0 Å². The van der Waals surface area contributed by atoms with Crippen LogP contribution in [0.2, 0.25) is 0 Å². The molecule has 15 heavy (non-hydrogen) atoms. The summed E-state index contributed by atoms with van der Waals surface area (Å²) in [7, 11) is 0. The van der Waals surface area contributed by atoms with Gasteiger partial charge in [-0.3, -0.25) is 4.90 Å². The van der Waals surface area contributed by atoms with Crippen LogP contribution in [0.4, 0.5) is 0 Å². The molecule has 2 aliphatic heterocycles. The van der Waals surface area contributed by atoms with Crippen LogP contribution >= 0.6 is 0 Å². The van der Waals surface area contributed by atoms with E-state index >= 15 is 0 Å². The molecule has 4 nitrogen and oxygen atoms in total. The van der Waals surface area contributed by atoms with Crippen LogP contribution in [-0.2, 0) is 4.79 Å². The van der Waals surface area contributed by atoms with Crippen molar-refractivity contribution in [3.8, 4) is 0 Å². The Morgan fingerprint density at radius 1 is 1.40 bits per heavy atom. The molecule has 0 radical (unpaired) electrons. The molecule has 2 aliphatic rings. The van der Waals surface area contributed by atoms with E-state index in [0.717, 1.165) is 38.8 Å². The maximum atomic E-state index is 10.6. The number of likely N-dealkylation sites (tertiary alicyclic amines) is 1. The van der Waals surface area contributed by atoms with Crippen LogP contribution in [0.5, 0.6) is 0 Å². The molecule has 0 saturated carbocycles. The lowest BCUT2D eigenvalue weighted by Crippen LogP contribution is -2.36. The topological polar surface area (TPSA) is 44.4 Å². The summed E-state index contributed by atoms with van der Waals surface area (Å²) >= 11 is 0. The lowest BCUT2D eigenvalue weighted by atomic mass is 9.98. The van der Waals surface area contributed by atoms with Gasteiger partial charge in [-0.25, -0.2) is 0 Å². The van der Waals surface area contributed by atoms with Crippen molar-refractivity contribution in [2.24, 2.45) is 5.92 Å². The predicted molar refractivity (Wildman–Crippen MR) is 58.7 cm³/mol. The molecule has 2 N–H and O–H groups in total. The Hall–Kier alpha value is -1.29. The van der Waals surface area contributed by atoms with E-state index in [4.69, 9.17) is 0 Å². The number of rotatable bonds is 3. The molecule has 82 valence electrons. The molecule has 0 atom stereocenters. The van der Waals surface area contributed by atoms with Gasteiger partial charge in [0.1, 0.15) is 6.29 Å². The highest BCUT2D eigenvalue weighted by molar-refractivity contribution is 5.53. The standard InChI is InChI=1S/C11H17N3O/c15-9-10-2-5-14(6-3-10)8-11-1-4-12-13-7-11/h1,4,7,9-10,12-13H,2-3,5-6,8H2. The Kier molecular flexibility index (Phi) is 3.40. The second-order valence-electron chi connectivity index (χ2n) is 4.09.